The van der Waals surface area contributed by atoms with Crippen LogP contribution in [0.15, 0.2) is 42.6 Å². The SMILES string of the molecule is Cc1nnc2c(NC3CCN(C)CC3)cc(-c3cn(C)nc3Cc3ccccc3)nn12. The first-order valence-corrected chi connectivity index (χ1v) is 10.8. The van der Waals surface area contributed by atoms with Gasteiger partial charge < -0.3 is 10.2 Å². The summed E-state index contributed by atoms with van der Waals surface area (Å²) in [5.74, 6) is 0.775. The van der Waals surface area contributed by atoms with Gasteiger partial charge >= 0.3 is 0 Å². The predicted octanol–water partition coefficient (Wildman–Crippen LogP) is 2.93. The average Bonchev–Trinajstić information content (AvgIpc) is 3.33. The molecule has 4 heterocycles. The molecule has 0 bridgehead atoms. The van der Waals surface area contributed by atoms with Crippen molar-refractivity contribution in [3.05, 3.63) is 59.7 Å². The first-order chi connectivity index (χ1) is 15.1. The van der Waals surface area contributed by atoms with Gasteiger partial charge in [-0.1, -0.05) is 30.3 Å². The molecule has 160 valence electrons. The van der Waals surface area contributed by atoms with E-state index in [2.05, 4.69) is 57.8 Å². The standard InChI is InChI=1S/C23H28N8/c1-16-25-26-23-22(24-18-9-11-29(2)12-10-18)14-21(28-31(16)23)19-15-30(3)27-20(19)13-17-7-5-4-6-8-17/h4-8,14-15,18,24H,9-13H2,1-3H3. The molecule has 0 saturated carbocycles. The van der Waals surface area contributed by atoms with Crippen molar-refractivity contribution in [2.45, 2.75) is 32.2 Å². The zero-order valence-corrected chi connectivity index (χ0v) is 18.3. The smallest absolute Gasteiger partial charge is 0.200 e. The van der Waals surface area contributed by atoms with E-state index >= 15 is 0 Å². The van der Waals surface area contributed by atoms with Crippen molar-refractivity contribution >= 4 is 11.3 Å². The van der Waals surface area contributed by atoms with Crippen molar-refractivity contribution < 1.29 is 0 Å². The van der Waals surface area contributed by atoms with Crippen molar-refractivity contribution in [3.8, 4) is 11.3 Å². The summed E-state index contributed by atoms with van der Waals surface area (Å²) in [7, 11) is 4.13. The Morgan fingerprint density at radius 2 is 1.81 bits per heavy atom. The van der Waals surface area contributed by atoms with E-state index in [1.54, 1.807) is 0 Å². The molecule has 0 amide bonds. The summed E-state index contributed by atoms with van der Waals surface area (Å²) in [5.41, 5.74) is 5.91. The second-order valence-electron chi connectivity index (χ2n) is 8.47. The number of anilines is 1. The Kier molecular flexibility index (Phi) is 5.15. The lowest BCUT2D eigenvalue weighted by molar-refractivity contribution is 0.264. The van der Waals surface area contributed by atoms with Gasteiger partial charge in [0.2, 0.25) is 5.65 Å². The normalized spacial score (nSPS) is 15.6. The molecule has 1 saturated heterocycles. The van der Waals surface area contributed by atoms with Gasteiger partial charge in [0, 0.05) is 31.3 Å². The molecule has 8 nitrogen and oxygen atoms in total. The summed E-state index contributed by atoms with van der Waals surface area (Å²) in [4.78, 5) is 2.37. The van der Waals surface area contributed by atoms with Gasteiger partial charge in [0.15, 0.2) is 5.82 Å². The van der Waals surface area contributed by atoms with Crippen LogP contribution >= 0.6 is 0 Å². The van der Waals surface area contributed by atoms with Gasteiger partial charge in [-0.2, -0.15) is 14.7 Å². The predicted molar refractivity (Wildman–Crippen MR) is 121 cm³/mol. The van der Waals surface area contributed by atoms with Gasteiger partial charge in [-0.15, -0.1) is 10.2 Å². The topological polar surface area (TPSA) is 76.2 Å². The minimum Gasteiger partial charge on any atom is -0.379 e. The highest BCUT2D eigenvalue weighted by atomic mass is 15.4. The van der Waals surface area contributed by atoms with E-state index in [1.807, 2.05) is 35.4 Å². The Labute approximate surface area is 181 Å². The summed E-state index contributed by atoms with van der Waals surface area (Å²) < 4.78 is 3.70. The first kappa shape index (κ1) is 19.7. The molecule has 31 heavy (non-hydrogen) atoms. The number of aryl methyl sites for hydroxylation is 2. The summed E-state index contributed by atoms with van der Waals surface area (Å²) in [5, 5.41) is 22.0. The van der Waals surface area contributed by atoms with Crippen molar-refractivity contribution in [1.29, 1.82) is 0 Å². The molecule has 3 aromatic heterocycles. The lowest BCUT2D eigenvalue weighted by Crippen LogP contribution is -2.36. The lowest BCUT2D eigenvalue weighted by Gasteiger charge is -2.30. The van der Waals surface area contributed by atoms with Crippen LogP contribution in [0.2, 0.25) is 0 Å². The van der Waals surface area contributed by atoms with Crippen LogP contribution in [-0.2, 0) is 13.5 Å². The van der Waals surface area contributed by atoms with Crippen molar-refractivity contribution in [2.75, 3.05) is 25.5 Å². The summed E-state index contributed by atoms with van der Waals surface area (Å²) in [6.07, 6.45) is 5.03. The quantitative estimate of drug-likeness (QED) is 0.539. The molecule has 0 radical (unpaired) electrons. The number of nitrogens with one attached hydrogen (secondary N) is 1. The second kappa shape index (κ2) is 8.11. The minimum absolute atomic E-state index is 0.421. The number of benzene rings is 1. The summed E-state index contributed by atoms with van der Waals surface area (Å²) in [6.45, 7) is 4.13. The Morgan fingerprint density at radius 1 is 1.03 bits per heavy atom. The number of likely N-dealkylation sites (tertiary alicyclic amines) is 1. The van der Waals surface area contributed by atoms with Crippen LogP contribution in [0.4, 0.5) is 5.69 Å². The number of nitrogens with zero attached hydrogens (tertiary/aromatic N) is 7. The van der Waals surface area contributed by atoms with E-state index in [0.717, 1.165) is 66.5 Å². The van der Waals surface area contributed by atoms with E-state index in [-0.39, 0.29) is 0 Å². The number of hydrogen-bond acceptors (Lipinski definition) is 6. The number of rotatable bonds is 5. The monoisotopic (exact) mass is 416 g/mol. The number of piperidine rings is 1. The highest BCUT2D eigenvalue weighted by Gasteiger charge is 2.21. The maximum Gasteiger partial charge on any atom is 0.200 e. The van der Waals surface area contributed by atoms with Gasteiger partial charge in [-0.25, -0.2) is 0 Å². The molecule has 1 N–H and O–H groups in total. The van der Waals surface area contributed by atoms with Gasteiger partial charge in [-0.05, 0) is 51.5 Å². The van der Waals surface area contributed by atoms with E-state index in [9.17, 15) is 0 Å². The van der Waals surface area contributed by atoms with E-state index in [0.29, 0.717) is 6.04 Å². The fraction of sp³-hybridized carbons (Fsp3) is 0.391. The lowest BCUT2D eigenvalue weighted by atomic mass is 10.0. The first-order valence-electron chi connectivity index (χ1n) is 10.8. The molecule has 0 unspecified atom stereocenters. The van der Waals surface area contributed by atoms with E-state index in [1.165, 1.54) is 5.56 Å². The zero-order valence-electron chi connectivity index (χ0n) is 18.3. The third-order valence-electron chi connectivity index (χ3n) is 6.00. The molecule has 5 rings (SSSR count). The van der Waals surface area contributed by atoms with Gasteiger partial charge in [0.1, 0.15) is 0 Å². The maximum absolute atomic E-state index is 4.88. The van der Waals surface area contributed by atoms with Crippen LogP contribution in [0.25, 0.3) is 16.9 Å². The Hall–Kier alpha value is -3.26. The van der Waals surface area contributed by atoms with Crippen molar-refractivity contribution in [1.82, 2.24) is 34.5 Å². The molecular weight excluding hydrogens is 388 g/mol. The van der Waals surface area contributed by atoms with Gasteiger partial charge in [0.25, 0.3) is 0 Å². The number of aromatic nitrogens is 6. The fourth-order valence-corrected chi connectivity index (χ4v) is 4.26. The Morgan fingerprint density at radius 3 is 2.58 bits per heavy atom. The molecule has 1 aromatic carbocycles. The largest absolute Gasteiger partial charge is 0.379 e. The molecule has 0 spiro atoms. The zero-order chi connectivity index (χ0) is 21.4. The summed E-state index contributed by atoms with van der Waals surface area (Å²) in [6, 6.07) is 12.9. The molecule has 0 aliphatic carbocycles. The van der Waals surface area contributed by atoms with Crippen LogP contribution in [0.3, 0.4) is 0 Å². The number of hydrogen-bond donors (Lipinski definition) is 1. The third-order valence-corrected chi connectivity index (χ3v) is 6.00. The van der Waals surface area contributed by atoms with Crippen LogP contribution in [0.5, 0.6) is 0 Å². The second-order valence-corrected chi connectivity index (χ2v) is 8.47. The van der Waals surface area contributed by atoms with Crippen molar-refractivity contribution in [3.63, 3.8) is 0 Å². The van der Waals surface area contributed by atoms with Crippen LogP contribution < -0.4 is 5.32 Å². The van der Waals surface area contributed by atoms with E-state index < -0.39 is 0 Å². The highest BCUT2D eigenvalue weighted by Crippen LogP contribution is 2.28. The molecule has 0 atom stereocenters. The average molecular weight is 417 g/mol. The molecule has 1 fully saturated rings. The Balaban J connectivity index is 1.54. The van der Waals surface area contributed by atoms with Gasteiger partial charge in [-0.3, -0.25) is 4.68 Å². The highest BCUT2D eigenvalue weighted by molar-refractivity contribution is 5.74. The maximum atomic E-state index is 4.88. The fourth-order valence-electron chi connectivity index (χ4n) is 4.26. The molecule has 1 aliphatic heterocycles. The molecular formula is C23H28N8. The van der Waals surface area contributed by atoms with Crippen molar-refractivity contribution in [2.24, 2.45) is 7.05 Å². The van der Waals surface area contributed by atoms with E-state index in [4.69, 9.17) is 10.2 Å². The Bertz CT molecular complexity index is 1190. The summed E-state index contributed by atoms with van der Waals surface area (Å²) >= 11 is 0. The van der Waals surface area contributed by atoms with Gasteiger partial charge in [0.05, 0.1) is 17.1 Å². The van der Waals surface area contributed by atoms with Crippen LogP contribution in [0.1, 0.15) is 29.9 Å². The minimum atomic E-state index is 0.421. The molecule has 4 aromatic rings. The molecule has 8 heteroatoms. The molecule has 1 aliphatic rings. The number of fused-ring (bicyclic) bond motifs is 1. The van der Waals surface area contributed by atoms with Crippen LogP contribution in [-0.4, -0.2) is 60.7 Å². The third kappa shape index (κ3) is 4.03. The van der Waals surface area contributed by atoms with Crippen LogP contribution in [0, 0.1) is 6.92 Å².